The molecule has 19 heavy (non-hydrogen) atoms. The minimum absolute atomic E-state index is 0.648. The Kier molecular flexibility index (Phi) is 6.92. The van der Waals surface area contributed by atoms with E-state index in [9.17, 15) is 39.5 Å². The Hall–Kier alpha value is -0.200. The van der Waals surface area contributed by atoms with E-state index >= 15 is 0 Å². The molecule has 0 saturated carbocycles. The fraction of sp³-hybridized carbons (Fsp3) is 1.00. The van der Waals surface area contributed by atoms with Crippen molar-refractivity contribution in [1.29, 1.82) is 0 Å². The monoisotopic (exact) mass is 322 g/mol. The molecule has 0 heterocycles. The Balaban J connectivity index is 4.30. The average Bonchev–Trinajstić information content (AvgIpc) is 2.11. The van der Waals surface area contributed by atoms with Crippen LogP contribution in [0, 0.1) is 0 Å². The maximum absolute atomic E-state index is 11.9. The summed E-state index contributed by atoms with van der Waals surface area (Å²) in [7, 11) is -1.91. The van der Waals surface area contributed by atoms with Crippen LogP contribution in [0.5, 0.6) is 0 Å². The Labute approximate surface area is 105 Å². The first-order chi connectivity index (χ1) is 8.29. The minimum atomic E-state index is -4.56. The number of halogens is 9. The minimum Gasteiger partial charge on any atom is -0.171 e. The summed E-state index contributed by atoms with van der Waals surface area (Å²) in [5, 5.41) is 0. The molecule has 0 fully saturated rings. The van der Waals surface area contributed by atoms with Crippen LogP contribution in [-0.4, -0.2) is 37.0 Å². The highest BCUT2D eigenvalue weighted by molar-refractivity contribution is 7.57. The Morgan fingerprint density at radius 2 is 0.684 bits per heavy atom. The summed E-state index contributed by atoms with van der Waals surface area (Å²) in [6.45, 7) is 0. The van der Waals surface area contributed by atoms with Crippen molar-refractivity contribution in [3.05, 3.63) is 0 Å². The van der Waals surface area contributed by atoms with Gasteiger partial charge in [0.1, 0.15) is 0 Å². The first kappa shape index (κ1) is 18.8. The average molecular weight is 322 g/mol. The van der Waals surface area contributed by atoms with Gasteiger partial charge in [0, 0.05) is 19.3 Å². The zero-order valence-electron chi connectivity index (χ0n) is 9.59. The highest BCUT2D eigenvalue weighted by atomic mass is 31.1. The molecule has 0 aliphatic carbocycles. The standard InChI is InChI=1S/C9H12F9P/c10-7(11,12)1-4-19(5-2-8(13,14)15)6-3-9(16,17)18/h1-6H2. The van der Waals surface area contributed by atoms with E-state index < -0.39 is 64.2 Å². The second-order valence-electron chi connectivity index (χ2n) is 3.94. The van der Waals surface area contributed by atoms with E-state index in [-0.39, 0.29) is 0 Å². The molecule has 10 heteroatoms. The molecule has 0 bridgehead atoms. The molecule has 0 aromatic rings. The van der Waals surface area contributed by atoms with E-state index in [4.69, 9.17) is 0 Å². The van der Waals surface area contributed by atoms with E-state index in [1.807, 2.05) is 0 Å². The molecule has 116 valence electrons. The highest BCUT2D eigenvalue weighted by Crippen LogP contribution is 2.44. The van der Waals surface area contributed by atoms with Crippen molar-refractivity contribution in [3.8, 4) is 0 Å². The molecule has 0 saturated heterocycles. The van der Waals surface area contributed by atoms with Crippen LogP contribution in [-0.2, 0) is 0 Å². The maximum Gasteiger partial charge on any atom is 0.389 e. The number of hydrogen-bond acceptors (Lipinski definition) is 0. The van der Waals surface area contributed by atoms with Gasteiger partial charge in [-0.1, -0.05) is 0 Å². The quantitative estimate of drug-likeness (QED) is 0.458. The number of alkyl halides is 9. The molecule has 0 spiro atoms. The first-order valence-electron chi connectivity index (χ1n) is 5.21. The zero-order chi connectivity index (χ0) is 15.3. The van der Waals surface area contributed by atoms with Crippen molar-refractivity contribution in [2.45, 2.75) is 37.8 Å². The molecule has 0 N–H and O–H groups in total. The van der Waals surface area contributed by atoms with Crippen molar-refractivity contribution in [2.24, 2.45) is 0 Å². The lowest BCUT2D eigenvalue weighted by Crippen LogP contribution is -2.16. The molecule has 0 nitrogen and oxygen atoms in total. The predicted molar refractivity (Wildman–Crippen MR) is 53.5 cm³/mol. The molecule has 0 amide bonds. The Morgan fingerprint density at radius 3 is 0.842 bits per heavy atom. The SMILES string of the molecule is FC(F)(F)CCP(CCC(F)(F)F)CCC(F)(F)F. The maximum atomic E-state index is 11.9. The summed E-state index contributed by atoms with van der Waals surface area (Å²) < 4.78 is 107. The molecule has 0 atom stereocenters. The molecule has 0 rings (SSSR count). The summed E-state index contributed by atoms with van der Waals surface area (Å²) in [5.41, 5.74) is 0. The topological polar surface area (TPSA) is 0 Å². The molecule has 0 radical (unpaired) electrons. The number of rotatable bonds is 6. The van der Waals surface area contributed by atoms with Crippen LogP contribution < -0.4 is 0 Å². The predicted octanol–water partition coefficient (Wildman–Crippen LogP) is 5.33. The summed E-state index contributed by atoms with van der Waals surface area (Å²) in [5.74, 6) is 0. The Bertz CT molecular complexity index is 209. The van der Waals surface area contributed by atoms with Gasteiger partial charge >= 0.3 is 18.5 Å². The lowest BCUT2D eigenvalue weighted by atomic mass is 10.5. The van der Waals surface area contributed by atoms with Gasteiger partial charge in [0.05, 0.1) is 0 Å². The van der Waals surface area contributed by atoms with Gasteiger partial charge in [-0.05, 0) is 18.5 Å². The third-order valence-corrected chi connectivity index (χ3v) is 4.70. The normalized spacial score (nSPS) is 14.2. The fourth-order valence-corrected chi connectivity index (χ4v) is 3.57. The third-order valence-electron chi connectivity index (χ3n) is 2.13. The smallest absolute Gasteiger partial charge is 0.171 e. The van der Waals surface area contributed by atoms with Gasteiger partial charge in [-0.2, -0.15) is 39.5 Å². The van der Waals surface area contributed by atoms with Crippen LogP contribution in [0.15, 0.2) is 0 Å². The molecular weight excluding hydrogens is 310 g/mol. The second-order valence-corrected chi connectivity index (χ2v) is 6.62. The van der Waals surface area contributed by atoms with Crippen LogP contribution >= 0.6 is 7.92 Å². The van der Waals surface area contributed by atoms with E-state index in [0.717, 1.165) is 0 Å². The molecule has 0 aliphatic heterocycles. The van der Waals surface area contributed by atoms with Gasteiger partial charge < -0.3 is 0 Å². The van der Waals surface area contributed by atoms with Crippen molar-refractivity contribution in [1.82, 2.24) is 0 Å². The van der Waals surface area contributed by atoms with Crippen molar-refractivity contribution >= 4 is 7.92 Å². The molecule has 0 aliphatic rings. The van der Waals surface area contributed by atoms with Crippen LogP contribution in [0.4, 0.5) is 39.5 Å². The van der Waals surface area contributed by atoms with E-state index in [1.165, 1.54) is 0 Å². The van der Waals surface area contributed by atoms with Crippen LogP contribution in [0.25, 0.3) is 0 Å². The molecule has 0 unspecified atom stereocenters. The lowest BCUT2D eigenvalue weighted by molar-refractivity contribution is -0.130. The first-order valence-corrected chi connectivity index (χ1v) is 7.11. The number of hydrogen-bond donors (Lipinski definition) is 0. The summed E-state index contributed by atoms with van der Waals surface area (Å²) >= 11 is 0. The zero-order valence-corrected chi connectivity index (χ0v) is 10.5. The van der Waals surface area contributed by atoms with Gasteiger partial charge in [-0.15, -0.1) is 7.92 Å². The lowest BCUT2D eigenvalue weighted by Gasteiger charge is -2.20. The van der Waals surface area contributed by atoms with Crippen molar-refractivity contribution in [3.63, 3.8) is 0 Å². The third kappa shape index (κ3) is 14.0. The van der Waals surface area contributed by atoms with Gasteiger partial charge in [-0.3, -0.25) is 0 Å². The van der Waals surface area contributed by atoms with Gasteiger partial charge in [0.25, 0.3) is 0 Å². The molecular formula is C9H12F9P. The van der Waals surface area contributed by atoms with Crippen LogP contribution in [0.1, 0.15) is 19.3 Å². The van der Waals surface area contributed by atoms with Crippen LogP contribution in [0.3, 0.4) is 0 Å². The summed E-state index contributed by atoms with van der Waals surface area (Å²) in [4.78, 5) is 0. The second kappa shape index (κ2) is 6.99. The van der Waals surface area contributed by atoms with E-state index in [2.05, 4.69) is 0 Å². The summed E-state index contributed by atoms with van der Waals surface area (Å²) in [6.07, 6.45) is -19.6. The molecule has 0 aromatic carbocycles. The summed E-state index contributed by atoms with van der Waals surface area (Å²) in [6, 6.07) is 0. The van der Waals surface area contributed by atoms with Crippen molar-refractivity contribution < 1.29 is 39.5 Å². The van der Waals surface area contributed by atoms with Gasteiger partial charge in [0.2, 0.25) is 0 Å². The van der Waals surface area contributed by atoms with Gasteiger partial charge in [0.15, 0.2) is 0 Å². The Morgan fingerprint density at radius 1 is 0.474 bits per heavy atom. The molecule has 0 aromatic heterocycles. The van der Waals surface area contributed by atoms with Crippen molar-refractivity contribution in [2.75, 3.05) is 18.5 Å². The van der Waals surface area contributed by atoms with Gasteiger partial charge in [-0.25, -0.2) is 0 Å². The van der Waals surface area contributed by atoms with E-state index in [0.29, 0.717) is 0 Å². The highest BCUT2D eigenvalue weighted by Gasteiger charge is 2.33. The largest absolute Gasteiger partial charge is 0.389 e. The fourth-order valence-electron chi connectivity index (χ4n) is 1.19. The van der Waals surface area contributed by atoms with Crippen LogP contribution in [0.2, 0.25) is 0 Å². The van der Waals surface area contributed by atoms with E-state index in [1.54, 1.807) is 0 Å².